The lowest BCUT2D eigenvalue weighted by Gasteiger charge is -2.14. The number of rotatable bonds is 4. The number of halogens is 1. The van der Waals surface area contributed by atoms with Crippen molar-refractivity contribution in [2.45, 2.75) is 39.7 Å². The van der Waals surface area contributed by atoms with Crippen molar-refractivity contribution >= 4 is 11.6 Å². The Morgan fingerprint density at radius 2 is 2.07 bits per heavy atom. The summed E-state index contributed by atoms with van der Waals surface area (Å²) in [5.74, 6) is 0.197. The first-order valence-electron chi connectivity index (χ1n) is 5.35. The van der Waals surface area contributed by atoms with Crippen molar-refractivity contribution < 1.29 is 5.11 Å². The Bertz CT molecular complexity index is 334. The van der Waals surface area contributed by atoms with Gasteiger partial charge in [0, 0.05) is 7.05 Å². The van der Waals surface area contributed by atoms with E-state index < -0.39 is 0 Å². The molecule has 0 aromatic carbocycles. The van der Waals surface area contributed by atoms with E-state index in [0.717, 1.165) is 29.3 Å². The molecule has 0 radical (unpaired) electrons. The van der Waals surface area contributed by atoms with Crippen LogP contribution in [0.15, 0.2) is 0 Å². The summed E-state index contributed by atoms with van der Waals surface area (Å²) in [5.41, 5.74) is 1.95. The summed E-state index contributed by atoms with van der Waals surface area (Å²) in [6.45, 7) is 5.85. The maximum Gasteiger partial charge on any atom is 0.0849 e. The molecular weight excluding hydrogens is 212 g/mol. The van der Waals surface area contributed by atoms with Crippen molar-refractivity contribution in [3.63, 3.8) is 0 Å². The van der Waals surface area contributed by atoms with E-state index in [1.807, 2.05) is 25.6 Å². The highest BCUT2D eigenvalue weighted by molar-refractivity contribution is 6.31. The fourth-order valence-corrected chi connectivity index (χ4v) is 1.89. The normalized spacial score (nSPS) is 15.3. The summed E-state index contributed by atoms with van der Waals surface area (Å²) >= 11 is 6.21. The number of hydrogen-bond acceptors (Lipinski definition) is 2. The Hall–Kier alpha value is -0.540. The highest BCUT2D eigenvalue weighted by atomic mass is 35.5. The zero-order valence-electron chi connectivity index (χ0n) is 9.79. The molecule has 4 heteroatoms. The van der Waals surface area contributed by atoms with E-state index in [1.54, 1.807) is 6.92 Å². The molecule has 3 nitrogen and oxygen atoms in total. The summed E-state index contributed by atoms with van der Waals surface area (Å²) in [6, 6.07) is 0. The van der Waals surface area contributed by atoms with E-state index in [4.69, 9.17) is 11.6 Å². The van der Waals surface area contributed by atoms with Gasteiger partial charge in [0.1, 0.15) is 0 Å². The van der Waals surface area contributed by atoms with E-state index >= 15 is 0 Å². The van der Waals surface area contributed by atoms with Gasteiger partial charge in [-0.1, -0.05) is 25.4 Å². The van der Waals surface area contributed by atoms with Gasteiger partial charge in [0.25, 0.3) is 0 Å². The topological polar surface area (TPSA) is 38.0 Å². The Morgan fingerprint density at radius 3 is 2.47 bits per heavy atom. The molecule has 0 saturated carbocycles. The SMILES string of the molecule is CCc1nn(C)c(CC(C)C(C)O)c1Cl. The van der Waals surface area contributed by atoms with E-state index in [0.29, 0.717) is 0 Å². The molecule has 1 N–H and O–H groups in total. The monoisotopic (exact) mass is 230 g/mol. The Balaban J connectivity index is 2.89. The number of aromatic nitrogens is 2. The quantitative estimate of drug-likeness (QED) is 0.861. The van der Waals surface area contributed by atoms with Gasteiger partial charge in [-0.2, -0.15) is 5.10 Å². The van der Waals surface area contributed by atoms with E-state index in [1.165, 1.54) is 0 Å². The third-order valence-corrected chi connectivity index (χ3v) is 3.28. The zero-order valence-corrected chi connectivity index (χ0v) is 10.5. The van der Waals surface area contributed by atoms with Crippen molar-refractivity contribution in [3.8, 4) is 0 Å². The van der Waals surface area contributed by atoms with Crippen LogP contribution in [0.3, 0.4) is 0 Å². The summed E-state index contributed by atoms with van der Waals surface area (Å²) in [4.78, 5) is 0. The molecular formula is C11H19ClN2O. The molecule has 0 amide bonds. The number of hydrogen-bond donors (Lipinski definition) is 1. The third-order valence-electron chi connectivity index (χ3n) is 2.84. The fourth-order valence-electron chi connectivity index (χ4n) is 1.52. The van der Waals surface area contributed by atoms with Crippen molar-refractivity contribution in [1.29, 1.82) is 0 Å². The molecule has 0 aliphatic rings. The molecule has 0 aliphatic carbocycles. The number of aliphatic hydroxyl groups is 1. The van der Waals surface area contributed by atoms with Crippen molar-refractivity contribution in [2.75, 3.05) is 0 Å². The van der Waals surface area contributed by atoms with Gasteiger partial charge in [-0.15, -0.1) is 0 Å². The summed E-state index contributed by atoms with van der Waals surface area (Å²) in [5, 5.41) is 14.6. The molecule has 1 rings (SSSR count). The predicted molar refractivity (Wildman–Crippen MR) is 62.1 cm³/mol. The summed E-state index contributed by atoms with van der Waals surface area (Å²) in [7, 11) is 1.90. The largest absolute Gasteiger partial charge is 0.393 e. The van der Waals surface area contributed by atoms with Gasteiger partial charge in [-0.3, -0.25) is 4.68 Å². The zero-order chi connectivity index (χ0) is 11.6. The van der Waals surface area contributed by atoms with Crippen molar-refractivity contribution in [1.82, 2.24) is 9.78 Å². The first kappa shape index (κ1) is 12.5. The molecule has 2 unspecified atom stereocenters. The first-order valence-corrected chi connectivity index (χ1v) is 5.73. The molecule has 0 bridgehead atoms. The van der Waals surface area contributed by atoms with Gasteiger partial charge in [0.2, 0.25) is 0 Å². The van der Waals surface area contributed by atoms with Crippen LogP contribution in [0.25, 0.3) is 0 Å². The van der Waals surface area contributed by atoms with E-state index in [2.05, 4.69) is 5.10 Å². The second-order valence-corrected chi connectivity index (χ2v) is 4.48. The van der Waals surface area contributed by atoms with Gasteiger partial charge < -0.3 is 5.11 Å². The van der Waals surface area contributed by atoms with Crippen LogP contribution in [0, 0.1) is 5.92 Å². The Kier molecular flexibility index (Phi) is 4.17. The molecule has 0 fully saturated rings. The second kappa shape index (κ2) is 4.99. The minimum Gasteiger partial charge on any atom is -0.393 e. The number of nitrogens with zero attached hydrogens (tertiary/aromatic N) is 2. The second-order valence-electron chi connectivity index (χ2n) is 4.11. The van der Waals surface area contributed by atoms with Gasteiger partial charge in [-0.05, 0) is 25.7 Å². The lowest BCUT2D eigenvalue weighted by Crippen LogP contribution is -2.17. The van der Waals surface area contributed by atoms with Gasteiger partial charge >= 0.3 is 0 Å². The Morgan fingerprint density at radius 1 is 1.47 bits per heavy atom. The molecule has 0 saturated heterocycles. The molecule has 1 heterocycles. The standard InChI is InChI=1S/C11H19ClN2O/c1-5-9-11(12)10(14(4)13-9)6-7(2)8(3)15/h7-8,15H,5-6H2,1-4H3. The molecule has 15 heavy (non-hydrogen) atoms. The van der Waals surface area contributed by atoms with Gasteiger partial charge in [0.05, 0.1) is 22.5 Å². The number of aryl methyl sites for hydroxylation is 2. The van der Waals surface area contributed by atoms with Gasteiger partial charge in [-0.25, -0.2) is 0 Å². The van der Waals surface area contributed by atoms with Crippen molar-refractivity contribution in [3.05, 3.63) is 16.4 Å². The molecule has 0 aliphatic heterocycles. The molecule has 1 aromatic rings. The maximum absolute atomic E-state index is 9.46. The predicted octanol–water partition coefficient (Wildman–Crippen LogP) is 2.20. The minimum absolute atomic E-state index is 0.197. The third kappa shape index (κ3) is 2.73. The average Bonchev–Trinajstić information content (AvgIpc) is 2.44. The molecule has 0 spiro atoms. The maximum atomic E-state index is 9.46. The van der Waals surface area contributed by atoms with E-state index in [-0.39, 0.29) is 12.0 Å². The number of aliphatic hydroxyl groups excluding tert-OH is 1. The van der Waals surface area contributed by atoms with Crippen LogP contribution >= 0.6 is 11.6 Å². The van der Waals surface area contributed by atoms with Crippen molar-refractivity contribution in [2.24, 2.45) is 13.0 Å². The Labute approximate surface area is 96.1 Å². The highest BCUT2D eigenvalue weighted by Crippen LogP contribution is 2.24. The fraction of sp³-hybridized carbons (Fsp3) is 0.727. The van der Waals surface area contributed by atoms with E-state index in [9.17, 15) is 5.11 Å². The molecule has 1 aromatic heterocycles. The van der Waals surface area contributed by atoms with Crippen LogP contribution in [0.1, 0.15) is 32.2 Å². The van der Waals surface area contributed by atoms with Crippen LogP contribution in [-0.2, 0) is 19.9 Å². The summed E-state index contributed by atoms with van der Waals surface area (Å²) in [6.07, 6.45) is 1.29. The van der Waals surface area contributed by atoms with Crippen LogP contribution < -0.4 is 0 Å². The van der Waals surface area contributed by atoms with Crippen LogP contribution in [-0.4, -0.2) is 21.0 Å². The van der Waals surface area contributed by atoms with Gasteiger partial charge in [0.15, 0.2) is 0 Å². The lowest BCUT2D eigenvalue weighted by molar-refractivity contribution is 0.134. The van der Waals surface area contributed by atoms with Crippen LogP contribution in [0.5, 0.6) is 0 Å². The highest BCUT2D eigenvalue weighted by Gasteiger charge is 2.17. The average molecular weight is 231 g/mol. The van der Waals surface area contributed by atoms with Crippen LogP contribution in [0.2, 0.25) is 5.02 Å². The molecule has 2 atom stereocenters. The minimum atomic E-state index is -0.318. The summed E-state index contributed by atoms with van der Waals surface area (Å²) < 4.78 is 1.82. The molecule has 86 valence electrons. The smallest absolute Gasteiger partial charge is 0.0849 e. The lowest BCUT2D eigenvalue weighted by atomic mass is 10.00. The first-order chi connectivity index (χ1) is 6.97. The van der Waals surface area contributed by atoms with Crippen LogP contribution in [0.4, 0.5) is 0 Å².